The summed E-state index contributed by atoms with van der Waals surface area (Å²) in [4.78, 5) is 36.3. The molecule has 2 aromatic rings. The summed E-state index contributed by atoms with van der Waals surface area (Å²) < 4.78 is 7.57. The number of hydrogen-bond donors (Lipinski definition) is 1. The lowest BCUT2D eigenvalue weighted by Gasteiger charge is -2.30. The monoisotopic (exact) mass is 505 g/mol. The van der Waals surface area contributed by atoms with Crippen molar-refractivity contribution in [2.24, 2.45) is 29.8 Å². The predicted octanol–water partition coefficient (Wildman–Crippen LogP) is 4.18. The van der Waals surface area contributed by atoms with Gasteiger partial charge in [0.05, 0.1) is 41.1 Å². The van der Waals surface area contributed by atoms with Gasteiger partial charge in [-0.25, -0.2) is 4.98 Å². The lowest BCUT2D eigenvalue weighted by atomic mass is 9.85. The number of ether oxygens (including phenoxy) is 1. The topological polar surface area (TPSA) is 88.8 Å². The Hall–Kier alpha value is -2.58. The molecule has 0 radical (unpaired) electrons. The fourth-order valence-corrected chi connectivity index (χ4v) is 4.69. The van der Waals surface area contributed by atoms with Gasteiger partial charge in [-0.05, 0) is 37.8 Å². The fourth-order valence-electron chi connectivity index (χ4n) is 4.20. The van der Waals surface area contributed by atoms with E-state index in [4.69, 9.17) is 27.9 Å². The zero-order chi connectivity index (χ0) is 24.2. The van der Waals surface area contributed by atoms with Gasteiger partial charge in [-0.2, -0.15) is 0 Å². The Morgan fingerprint density at radius 1 is 1.26 bits per heavy atom. The van der Waals surface area contributed by atoms with E-state index in [0.29, 0.717) is 47.6 Å². The highest BCUT2D eigenvalue weighted by Crippen LogP contribution is 2.33. The molecule has 2 heterocycles. The number of rotatable bonds is 9. The van der Waals surface area contributed by atoms with Gasteiger partial charge in [0.25, 0.3) is 0 Å². The Balaban J connectivity index is 1.52. The molecular formula is C24H29Cl2N5O3. The molecule has 1 aromatic heterocycles. The number of carbonyl (C=O) groups is 2. The van der Waals surface area contributed by atoms with Crippen molar-refractivity contribution in [3.63, 3.8) is 0 Å². The molecule has 1 amide bonds. The summed E-state index contributed by atoms with van der Waals surface area (Å²) in [6.45, 7) is 3.11. The van der Waals surface area contributed by atoms with Crippen molar-refractivity contribution >= 4 is 46.7 Å². The van der Waals surface area contributed by atoms with Gasteiger partial charge in [0.1, 0.15) is 0 Å². The number of imidazole rings is 1. The van der Waals surface area contributed by atoms with Gasteiger partial charge in [0.2, 0.25) is 11.9 Å². The number of halogens is 2. The van der Waals surface area contributed by atoms with E-state index in [1.165, 1.54) is 0 Å². The molecule has 0 spiro atoms. The van der Waals surface area contributed by atoms with Crippen LogP contribution in [0.3, 0.4) is 0 Å². The Morgan fingerprint density at radius 3 is 2.62 bits per heavy atom. The van der Waals surface area contributed by atoms with E-state index in [2.05, 4.69) is 15.3 Å². The maximum absolute atomic E-state index is 13.8. The predicted molar refractivity (Wildman–Crippen MR) is 132 cm³/mol. The number of nitrogens with one attached hydrogen (secondary N) is 1. The number of amides is 1. The van der Waals surface area contributed by atoms with Gasteiger partial charge in [-0.15, -0.1) is 0 Å². The number of anilines is 1. The summed E-state index contributed by atoms with van der Waals surface area (Å²) in [5.41, 5.74) is 1.50. The maximum atomic E-state index is 13.8. The highest BCUT2D eigenvalue weighted by Gasteiger charge is 2.37. The van der Waals surface area contributed by atoms with Crippen LogP contribution in [0.2, 0.25) is 10.0 Å². The van der Waals surface area contributed by atoms with Crippen molar-refractivity contribution in [3.05, 3.63) is 46.5 Å². The molecule has 1 N–H and O–H groups in total. The summed E-state index contributed by atoms with van der Waals surface area (Å²) in [5, 5.41) is 4.04. The largest absolute Gasteiger partial charge is 0.465 e. The van der Waals surface area contributed by atoms with Crippen LogP contribution in [0.5, 0.6) is 0 Å². The maximum Gasteiger partial charge on any atom is 0.308 e. The summed E-state index contributed by atoms with van der Waals surface area (Å²) >= 11 is 12.6. The summed E-state index contributed by atoms with van der Waals surface area (Å²) in [6, 6.07) is 5.21. The van der Waals surface area contributed by atoms with Gasteiger partial charge in [0, 0.05) is 37.3 Å². The normalized spacial score (nSPS) is 17.3. The van der Waals surface area contributed by atoms with Crippen LogP contribution < -0.4 is 5.32 Å². The molecular weight excluding hydrogens is 477 g/mol. The molecule has 2 aliphatic rings. The van der Waals surface area contributed by atoms with E-state index in [1.54, 1.807) is 35.6 Å². The standard InChI is InChI=1S/C24H29Cl2N5O3/c1-3-18(16(11-17-12-27-14-30(17)2)13-34-23(33)15-7-8-15)22(32)31-10-9-28-24(31)29-21-19(25)5-4-6-20(21)26/h4-6,12,14-16,18H,3,7-11,13H2,1-2H3,(H,28,29)/t16-,18-/m0/s1. The van der Waals surface area contributed by atoms with Gasteiger partial charge < -0.3 is 14.6 Å². The molecule has 1 saturated carbocycles. The number of para-hydroxylation sites is 1. The third-order valence-corrected chi connectivity index (χ3v) is 7.00. The van der Waals surface area contributed by atoms with Crippen molar-refractivity contribution in [2.75, 3.05) is 25.0 Å². The van der Waals surface area contributed by atoms with Gasteiger partial charge >= 0.3 is 5.97 Å². The number of nitrogens with zero attached hydrogens (tertiary/aromatic N) is 4. The smallest absolute Gasteiger partial charge is 0.308 e. The SMILES string of the molecule is CC[C@H](C(=O)N1CCN=C1Nc1c(Cl)cccc1Cl)[C@H](COC(=O)C1CC1)Cc1cncn1C. The minimum Gasteiger partial charge on any atom is -0.465 e. The molecule has 4 rings (SSSR count). The number of aliphatic imine (C=N–C) groups is 1. The molecule has 1 aromatic carbocycles. The lowest BCUT2D eigenvalue weighted by Crippen LogP contribution is -2.45. The first-order valence-corrected chi connectivity index (χ1v) is 12.3. The van der Waals surface area contributed by atoms with Crippen molar-refractivity contribution in [3.8, 4) is 0 Å². The van der Waals surface area contributed by atoms with Crippen LogP contribution in [0.25, 0.3) is 0 Å². The van der Waals surface area contributed by atoms with Crippen LogP contribution in [0.1, 0.15) is 31.9 Å². The van der Waals surface area contributed by atoms with E-state index in [0.717, 1.165) is 18.5 Å². The molecule has 10 heteroatoms. The Kier molecular flexibility index (Phi) is 7.78. The minimum absolute atomic E-state index is 0.00928. The lowest BCUT2D eigenvalue weighted by molar-refractivity contribution is -0.149. The number of guanidine groups is 1. The third-order valence-electron chi connectivity index (χ3n) is 6.37. The number of hydrogen-bond acceptors (Lipinski definition) is 6. The van der Waals surface area contributed by atoms with E-state index in [-0.39, 0.29) is 36.2 Å². The number of benzene rings is 1. The zero-order valence-corrected chi connectivity index (χ0v) is 20.8. The minimum atomic E-state index is -0.367. The van der Waals surface area contributed by atoms with E-state index < -0.39 is 0 Å². The van der Waals surface area contributed by atoms with Crippen LogP contribution >= 0.6 is 23.2 Å². The molecule has 8 nitrogen and oxygen atoms in total. The molecule has 0 saturated heterocycles. The molecule has 0 bridgehead atoms. The summed E-state index contributed by atoms with van der Waals surface area (Å²) in [5.74, 6) is -0.363. The van der Waals surface area contributed by atoms with E-state index >= 15 is 0 Å². The third kappa shape index (κ3) is 5.55. The first-order chi connectivity index (χ1) is 16.4. The number of aromatic nitrogens is 2. The second-order valence-electron chi connectivity index (χ2n) is 8.80. The first kappa shape index (κ1) is 24.5. The Labute approximate surface area is 209 Å². The van der Waals surface area contributed by atoms with E-state index in [9.17, 15) is 9.59 Å². The highest BCUT2D eigenvalue weighted by atomic mass is 35.5. The first-order valence-electron chi connectivity index (χ1n) is 11.6. The van der Waals surface area contributed by atoms with Crippen LogP contribution in [0.4, 0.5) is 5.69 Å². The average molecular weight is 506 g/mol. The van der Waals surface area contributed by atoms with E-state index in [1.807, 2.05) is 18.5 Å². The quantitative estimate of drug-likeness (QED) is 0.516. The number of aryl methyl sites for hydroxylation is 1. The fraction of sp³-hybridized carbons (Fsp3) is 0.500. The summed E-state index contributed by atoms with van der Waals surface area (Å²) in [7, 11) is 1.92. The molecule has 1 aliphatic carbocycles. The van der Waals surface area contributed by atoms with Crippen LogP contribution in [0, 0.1) is 17.8 Å². The van der Waals surface area contributed by atoms with Crippen molar-refractivity contribution in [1.29, 1.82) is 0 Å². The Morgan fingerprint density at radius 2 is 2.00 bits per heavy atom. The molecule has 2 atom stereocenters. The second kappa shape index (κ2) is 10.8. The highest BCUT2D eigenvalue weighted by molar-refractivity contribution is 6.39. The molecule has 182 valence electrons. The summed E-state index contributed by atoms with van der Waals surface area (Å²) in [6.07, 6.45) is 6.45. The second-order valence-corrected chi connectivity index (χ2v) is 9.61. The Bertz CT molecular complexity index is 1060. The van der Waals surface area contributed by atoms with Crippen molar-refractivity contribution < 1.29 is 14.3 Å². The van der Waals surface area contributed by atoms with Crippen LogP contribution in [-0.2, 0) is 27.8 Å². The van der Waals surface area contributed by atoms with Crippen molar-refractivity contribution in [1.82, 2.24) is 14.5 Å². The zero-order valence-electron chi connectivity index (χ0n) is 19.3. The van der Waals surface area contributed by atoms with Crippen LogP contribution in [0.15, 0.2) is 35.7 Å². The number of carbonyl (C=O) groups excluding carboxylic acids is 2. The molecule has 0 unspecified atom stereocenters. The number of esters is 1. The molecule has 1 aliphatic heterocycles. The van der Waals surface area contributed by atoms with Gasteiger partial charge in [-0.1, -0.05) is 36.2 Å². The van der Waals surface area contributed by atoms with Gasteiger partial charge in [-0.3, -0.25) is 19.5 Å². The van der Waals surface area contributed by atoms with Crippen molar-refractivity contribution in [2.45, 2.75) is 32.6 Å². The molecule has 34 heavy (non-hydrogen) atoms. The molecule has 1 fully saturated rings. The van der Waals surface area contributed by atoms with Crippen LogP contribution in [-0.4, -0.2) is 52.0 Å². The van der Waals surface area contributed by atoms with Gasteiger partial charge in [0.15, 0.2) is 0 Å². The average Bonchev–Trinajstić information content (AvgIpc) is 3.44.